The van der Waals surface area contributed by atoms with Gasteiger partial charge in [0.25, 0.3) is 0 Å². The second-order valence-electron chi connectivity index (χ2n) is 5.07. The molecule has 16 heavy (non-hydrogen) atoms. The molecule has 2 N–H and O–H groups in total. The molecule has 86 valence electrons. The quantitative estimate of drug-likeness (QED) is 0.828. The number of benzene rings is 1. The molecule has 1 aliphatic heterocycles. The van der Waals surface area contributed by atoms with Crippen molar-refractivity contribution in [2.24, 2.45) is 5.73 Å². The van der Waals surface area contributed by atoms with E-state index in [-0.39, 0.29) is 5.54 Å². The summed E-state index contributed by atoms with van der Waals surface area (Å²) < 4.78 is 11.0. The highest BCUT2D eigenvalue weighted by atomic mass is 16.7. The van der Waals surface area contributed by atoms with Crippen molar-refractivity contribution in [3.05, 3.63) is 22.8 Å². The van der Waals surface area contributed by atoms with E-state index >= 15 is 0 Å². The van der Waals surface area contributed by atoms with Gasteiger partial charge in [-0.3, -0.25) is 0 Å². The van der Waals surface area contributed by atoms with Crippen molar-refractivity contribution in [3.8, 4) is 11.5 Å². The summed E-state index contributed by atoms with van der Waals surface area (Å²) in [4.78, 5) is 0. The third-order valence-electron chi connectivity index (χ3n) is 3.73. The first-order valence-electron chi connectivity index (χ1n) is 5.77. The maximum atomic E-state index is 6.20. The van der Waals surface area contributed by atoms with E-state index in [4.69, 9.17) is 15.2 Å². The third kappa shape index (κ3) is 1.47. The predicted octanol–water partition coefficient (Wildman–Crippen LogP) is 2.07. The highest BCUT2D eigenvalue weighted by molar-refractivity contribution is 5.55. The Morgan fingerprint density at radius 2 is 2.06 bits per heavy atom. The molecule has 1 heterocycles. The van der Waals surface area contributed by atoms with E-state index in [2.05, 4.69) is 19.9 Å². The van der Waals surface area contributed by atoms with Crippen molar-refractivity contribution >= 4 is 0 Å². The topological polar surface area (TPSA) is 44.5 Å². The molecule has 3 nitrogen and oxygen atoms in total. The maximum absolute atomic E-state index is 6.20. The fourth-order valence-electron chi connectivity index (χ4n) is 2.25. The smallest absolute Gasteiger partial charge is 0.231 e. The Bertz CT molecular complexity index is 450. The zero-order chi connectivity index (χ0) is 11.3. The van der Waals surface area contributed by atoms with Gasteiger partial charge in [-0.15, -0.1) is 0 Å². The van der Waals surface area contributed by atoms with Gasteiger partial charge in [-0.1, -0.05) is 0 Å². The Balaban J connectivity index is 2.07. The summed E-state index contributed by atoms with van der Waals surface area (Å²) in [6.07, 6.45) is 3.15. The van der Waals surface area contributed by atoms with Gasteiger partial charge in [-0.25, -0.2) is 0 Å². The molecule has 2 aliphatic rings. The van der Waals surface area contributed by atoms with Crippen LogP contribution < -0.4 is 15.2 Å². The van der Waals surface area contributed by atoms with Crippen molar-refractivity contribution in [3.63, 3.8) is 0 Å². The molecule has 0 amide bonds. The van der Waals surface area contributed by atoms with Gasteiger partial charge in [0.2, 0.25) is 6.79 Å². The van der Waals surface area contributed by atoms with E-state index in [1.165, 1.54) is 16.7 Å². The lowest BCUT2D eigenvalue weighted by atomic mass is 9.95. The SMILES string of the molecule is Cc1cc2c(c(CC3(N)CC3)c1C)OCO2. The Labute approximate surface area is 95.5 Å². The van der Waals surface area contributed by atoms with E-state index in [1.807, 2.05) is 0 Å². The Hall–Kier alpha value is -1.22. The van der Waals surface area contributed by atoms with Gasteiger partial charge in [0, 0.05) is 11.1 Å². The molecule has 0 atom stereocenters. The van der Waals surface area contributed by atoms with Crippen LogP contribution in [0, 0.1) is 13.8 Å². The highest BCUT2D eigenvalue weighted by Crippen LogP contribution is 2.44. The van der Waals surface area contributed by atoms with Gasteiger partial charge >= 0.3 is 0 Å². The minimum absolute atomic E-state index is 0.0122. The molecule has 0 unspecified atom stereocenters. The largest absolute Gasteiger partial charge is 0.454 e. The molecule has 0 radical (unpaired) electrons. The van der Waals surface area contributed by atoms with Gasteiger partial charge < -0.3 is 15.2 Å². The Morgan fingerprint density at radius 1 is 1.31 bits per heavy atom. The lowest BCUT2D eigenvalue weighted by Gasteiger charge is -2.15. The lowest BCUT2D eigenvalue weighted by molar-refractivity contribution is 0.173. The summed E-state index contributed by atoms with van der Waals surface area (Å²) in [5, 5.41) is 0. The number of hydrogen-bond donors (Lipinski definition) is 1. The summed E-state index contributed by atoms with van der Waals surface area (Å²) in [7, 11) is 0. The molecule has 0 saturated heterocycles. The van der Waals surface area contributed by atoms with E-state index in [0.29, 0.717) is 6.79 Å². The minimum Gasteiger partial charge on any atom is -0.454 e. The fraction of sp³-hybridized carbons (Fsp3) is 0.538. The molecule has 1 aliphatic carbocycles. The molecular formula is C13H17NO2. The summed E-state index contributed by atoms with van der Waals surface area (Å²) in [5.74, 6) is 1.79. The number of nitrogens with two attached hydrogens (primary N) is 1. The highest BCUT2D eigenvalue weighted by Gasteiger charge is 2.40. The van der Waals surface area contributed by atoms with Crippen LogP contribution >= 0.6 is 0 Å². The molecule has 3 heteroatoms. The van der Waals surface area contributed by atoms with Gasteiger partial charge in [0.05, 0.1) is 0 Å². The van der Waals surface area contributed by atoms with Crippen LogP contribution in [-0.4, -0.2) is 12.3 Å². The minimum atomic E-state index is 0.0122. The number of fused-ring (bicyclic) bond motifs is 1. The monoisotopic (exact) mass is 219 g/mol. The fourth-order valence-corrected chi connectivity index (χ4v) is 2.25. The van der Waals surface area contributed by atoms with Gasteiger partial charge in [0.1, 0.15) is 0 Å². The second kappa shape index (κ2) is 3.14. The number of rotatable bonds is 2. The molecule has 3 rings (SSSR count). The molecule has 0 spiro atoms. The van der Waals surface area contributed by atoms with E-state index < -0.39 is 0 Å². The van der Waals surface area contributed by atoms with Crippen molar-refractivity contribution in [2.75, 3.05) is 6.79 Å². The molecule has 1 saturated carbocycles. The summed E-state index contributed by atoms with van der Waals surface area (Å²) in [6, 6.07) is 2.05. The van der Waals surface area contributed by atoms with Crippen LogP contribution in [0.3, 0.4) is 0 Å². The summed E-state index contributed by atoms with van der Waals surface area (Å²) >= 11 is 0. The summed E-state index contributed by atoms with van der Waals surface area (Å²) in [5.41, 5.74) is 10.00. The van der Waals surface area contributed by atoms with Crippen molar-refractivity contribution in [1.29, 1.82) is 0 Å². The van der Waals surface area contributed by atoms with E-state index in [0.717, 1.165) is 30.8 Å². The van der Waals surface area contributed by atoms with Crippen LogP contribution in [0.4, 0.5) is 0 Å². The van der Waals surface area contributed by atoms with Crippen LogP contribution in [0.1, 0.15) is 29.5 Å². The zero-order valence-electron chi connectivity index (χ0n) is 9.80. The molecule has 1 aromatic carbocycles. The molecule has 0 bridgehead atoms. The lowest BCUT2D eigenvalue weighted by Crippen LogP contribution is -2.25. The van der Waals surface area contributed by atoms with Crippen LogP contribution in [0.25, 0.3) is 0 Å². The van der Waals surface area contributed by atoms with Crippen LogP contribution in [0.2, 0.25) is 0 Å². The maximum Gasteiger partial charge on any atom is 0.231 e. The third-order valence-corrected chi connectivity index (χ3v) is 3.73. The first-order valence-corrected chi connectivity index (χ1v) is 5.77. The predicted molar refractivity (Wildman–Crippen MR) is 61.9 cm³/mol. The van der Waals surface area contributed by atoms with Crippen LogP contribution in [-0.2, 0) is 6.42 Å². The first-order chi connectivity index (χ1) is 7.59. The van der Waals surface area contributed by atoms with Crippen LogP contribution in [0.15, 0.2) is 6.07 Å². The van der Waals surface area contributed by atoms with E-state index in [9.17, 15) is 0 Å². The average Bonchev–Trinajstić information content (AvgIpc) is 2.77. The van der Waals surface area contributed by atoms with Crippen molar-refractivity contribution in [1.82, 2.24) is 0 Å². The van der Waals surface area contributed by atoms with Gasteiger partial charge in [-0.2, -0.15) is 0 Å². The standard InChI is InChI=1S/C13H17NO2/c1-8-5-11-12(16-7-15-11)10(9(8)2)6-13(14)3-4-13/h5H,3-4,6-7,14H2,1-2H3. The average molecular weight is 219 g/mol. The number of aryl methyl sites for hydroxylation is 1. The Kier molecular flexibility index (Phi) is 1.96. The van der Waals surface area contributed by atoms with Gasteiger partial charge in [0.15, 0.2) is 11.5 Å². The molecular weight excluding hydrogens is 202 g/mol. The second-order valence-corrected chi connectivity index (χ2v) is 5.07. The van der Waals surface area contributed by atoms with Crippen molar-refractivity contribution in [2.45, 2.75) is 38.6 Å². The Morgan fingerprint density at radius 3 is 2.75 bits per heavy atom. The van der Waals surface area contributed by atoms with Crippen molar-refractivity contribution < 1.29 is 9.47 Å². The number of ether oxygens (including phenoxy) is 2. The normalized spacial score (nSPS) is 19.9. The number of hydrogen-bond acceptors (Lipinski definition) is 3. The molecule has 1 fully saturated rings. The summed E-state index contributed by atoms with van der Waals surface area (Å²) in [6.45, 7) is 4.58. The van der Waals surface area contributed by atoms with Crippen LogP contribution in [0.5, 0.6) is 11.5 Å². The zero-order valence-corrected chi connectivity index (χ0v) is 9.80. The molecule has 0 aromatic heterocycles. The van der Waals surface area contributed by atoms with E-state index in [1.54, 1.807) is 0 Å². The van der Waals surface area contributed by atoms with Gasteiger partial charge in [-0.05, 0) is 50.3 Å². The molecule has 1 aromatic rings. The first kappa shape index (κ1) is 9.97.